The van der Waals surface area contributed by atoms with E-state index in [-0.39, 0.29) is 5.56 Å². The van der Waals surface area contributed by atoms with Gasteiger partial charge >= 0.3 is 14.6 Å². The Morgan fingerprint density at radius 2 is 1.86 bits per heavy atom. The zero-order chi connectivity index (χ0) is 31.6. The van der Waals surface area contributed by atoms with Gasteiger partial charge in [-0.25, -0.2) is 13.5 Å². The maximum absolute atomic E-state index is 14.0. The number of carbonyl (C=O) groups is 1. The summed E-state index contributed by atoms with van der Waals surface area (Å²) in [5.41, 5.74) is 6.17. The summed E-state index contributed by atoms with van der Waals surface area (Å²) in [6, 6.07) is 5.84. The van der Waals surface area contributed by atoms with Crippen molar-refractivity contribution in [2.75, 3.05) is 34.4 Å². The number of ether oxygens (including phenoxy) is 3. The number of amides is 1. The molecule has 7 unspecified atom stereocenters. The Bertz CT molecular complexity index is 1190. The molecule has 16 nitrogen and oxygen atoms in total. The highest BCUT2D eigenvalue weighted by atomic mass is 32.7. The van der Waals surface area contributed by atoms with E-state index in [1.54, 1.807) is 31.1 Å². The Morgan fingerprint density at radius 1 is 1.19 bits per heavy atom. The molecule has 20 heteroatoms. The first-order valence-electron chi connectivity index (χ1n) is 12.4. The average Bonchev–Trinajstić information content (AvgIpc) is 3.30. The molecule has 42 heavy (non-hydrogen) atoms. The van der Waals surface area contributed by atoms with Gasteiger partial charge in [-0.15, -0.1) is 0 Å². The number of nitrogens with zero attached hydrogens (tertiary/aromatic N) is 1. The molecule has 2 fully saturated rings. The van der Waals surface area contributed by atoms with Crippen molar-refractivity contribution in [3.8, 4) is 0 Å². The molecule has 0 bridgehead atoms. The predicted octanol–water partition coefficient (Wildman–Crippen LogP) is -0.503. The van der Waals surface area contributed by atoms with Gasteiger partial charge in [0.15, 0.2) is 12.5 Å². The van der Waals surface area contributed by atoms with E-state index < -0.39 is 95.0 Å². The van der Waals surface area contributed by atoms with Crippen LogP contribution in [0.4, 0.5) is 4.39 Å². The average molecular weight is 665 g/mol. The van der Waals surface area contributed by atoms with E-state index in [4.69, 9.17) is 29.6 Å². The molecule has 12 atom stereocenters. The van der Waals surface area contributed by atoms with Crippen molar-refractivity contribution in [2.24, 2.45) is 5.73 Å². The van der Waals surface area contributed by atoms with Crippen LogP contribution < -0.4 is 5.73 Å². The SMILES string of the molecule is CO[C@@H]1[C@H](N(C)C)[C@@H](COP(=O)(S)OP(=O)(O)OC2OC([C@@H](F)CO)C(O)C(O)C2O)O[C@H]1c1cccc(C(N)=O)c1. The number of phosphoric ester groups is 1. The lowest BCUT2D eigenvalue weighted by atomic mass is 9.96. The van der Waals surface area contributed by atoms with Gasteiger partial charge in [0.25, 0.3) is 0 Å². The molecule has 0 saturated carbocycles. The summed E-state index contributed by atoms with van der Waals surface area (Å²) in [4.78, 5) is 23.6. The van der Waals surface area contributed by atoms with E-state index in [1.165, 1.54) is 19.2 Å². The second kappa shape index (κ2) is 14.4. The minimum Gasteiger partial charge on any atom is -0.393 e. The lowest BCUT2D eigenvalue weighted by molar-refractivity contribution is -0.287. The van der Waals surface area contributed by atoms with Crippen LogP contribution in [0.25, 0.3) is 0 Å². The molecule has 0 aliphatic carbocycles. The Balaban J connectivity index is 1.71. The molecule has 0 aromatic heterocycles. The fourth-order valence-electron chi connectivity index (χ4n) is 4.74. The second-order valence-electron chi connectivity index (χ2n) is 9.80. The number of phosphoric acid groups is 1. The van der Waals surface area contributed by atoms with Crippen LogP contribution in [0, 0.1) is 0 Å². The molecule has 7 N–H and O–H groups in total. The minimum absolute atomic E-state index is 0.234. The number of aliphatic hydroxyl groups is 4. The predicted molar refractivity (Wildman–Crippen MR) is 144 cm³/mol. The summed E-state index contributed by atoms with van der Waals surface area (Å²) >= 11 is 3.71. The summed E-state index contributed by atoms with van der Waals surface area (Å²) < 4.78 is 70.6. The van der Waals surface area contributed by atoms with Crippen LogP contribution in [0.2, 0.25) is 0 Å². The van der Waals surface area contributed by atoms with Gasteiger partial charge in [-0.2, -0.15) is 4.31 Å². The van der Waals surface area contributed by atoms with Crippen LogP contribution in [0.15, 0.2) is 24.3 Å². The Labute approximate surface area is 245 Å². The number of hydrogen-bond acceptors (Lipinski definition) is 14. The number of methoxy groups -OCH3 is 1. The van der Waals surface area contributed by atoms with E-state index in [2.05, 4.69) is 21.1 Å². The number of halogens is 1. The number of primary amides is 1. The van der Waals surface area contributed by atoms with E-state index in [1.807, 2.05) is 0 Å². The molecule has 1 aromatic rings. The first kappa shape index (κ1) is 35.4. The van der Waals surface area contributed by atoms with E-state index >= 15 is 0 Å². The molecule has 2 heterocycles. The molecule has 1 amide bonds. The van der Waals surface area contributed by atoms with Crippen LogP contribution >= 0.6 is 26.9 Å². The molecular formula is C22H35FN2O14P2S. The molecular weight excluding hydrogens is 629 g/mol. The molecule has 0 radical (unpaired) electrons. The van der Waals surface area contributed by atoms with Gasteiger partial charge in [-0.1, -0.05) is 24.4 Å². The van der Waals surface area contributed by atoms with E-state index in [0.29, 0.717) is 5.56 Å². The zero-order valence-corrected chi connectivity index (χ0v) is 25.3. The van der Waals surface area contributed by atoms with Crippen LogP contribution in [-0.4, -0.2) is 126 Å². The summed E-state index contributed by atoms with van der Waals surface area (Å²) in [5.74, 6) is -0.651. The Morgan fingerprint density at radius 3 is 2.43 bits per heavy atom. The highest BCUT2D eigenvalue weighted by Crippen LogP contribution is 2.66. The number of aliphatic hydroxyl groups excluding tert-OH is 4. The van der Waals surface area contributed by atoms with Crippen molar-refractivity contribution in [3.05, 3.63) is 35.4 Å². The van der Waals surface area contributed by atoms with Crippen molar-refractivity contribution in [3.63, 3.8) is 0 Å². The second-order valence-corrected chi connectivity index (χ2v) is 14.3. The van der Waals surface area contributed by atoms with Crippen molar-refractivity contribution >= 4 is 32.8 Å². The number of rotatable bonds is 13. The third-order valence-electron chi connectivity index (χ3n) is 6.69. The van der Waals surface area contributed by atoms with Gasteiger partial charge in [0.05, 0.1) is 19.3 Å². The molecule has 2 aliphatic rings. The third kappa shape index (κ3) is 8.35. The quantitative estimate of drug-likeness (QED) is 0.104. The fourth-order valence-corrected chi connectivity index (χ4v) is 7.93. The number of hydrogen-bond donors (Lipinski definition) is 7. The van der Waals surface area contributed by atoms with Crippen LogP contribution in [-0.2, 0) is 36.7 Å². The van der Waals surface area contributed by atoms with Gasteiger partial charge in [-0.3, -0.25) is 13.8 Å². The number of carbonyl (C=O) groups excluding carboxylic acids is 1. The van der Waals surface area contributed by atoms with E-state index in [9.17, 15) is 38.5 Å². The maximum atomic E-state index is 14.0. The van der Waals surface area contributed by atoms with Crippen LogP contribution in [0.1, 0.15) is 22.0 Å². The fraction of sp³-hybridized carbons (Fsp3) is 0.682. The number of likely N-dealkylation sites (N-methyl/N-ethyl adjacent to an activating group) is 1. The Hall–Kier alpha value is -1.05. The lowest BCUT2D eigenvalue weighted by Crippen LogP contribution is -2.60. The van der Waals surface area contributed by atoms with Gasteiger partial charge in [0.2, 0.25) is 5.91 Å². The zero-order valence-electron chi connectivity index (χ0n) is 22.7. The number of thiol groups is 1. The minimum atomic E-state index is -5.47. The van der Waals surface area contributed by atoms with Crippen molar-refractivity contribution in [1.29, 1.82) is 0 Å². The van der Waals surface area contributed by atoms with Crippen molar-refractivity contribution < 1.29 is 71.2 Å². The number of nitrogens with two attached hydrogens (primary N) is 1. The van der Waals surface area contributed by atoms with Crippen LogP contribution in [0.3, 0.4) is 0 Å². The number of benzene rings is 1. The molecule has 2 saturated heterocycles. The molecule has 3 rings (SSSR count). The summed E-state index contributed by atoms with van der Waals surface area (Å²) in [6.45, 7) is -6.39. The smallest absolute Gasteiger partial charge is 0.393 e. The normalized spacial score (nSPS) is 35.5. The van der Waals surface area contributed by atoms with Gasteiger partial charge in [0, 0.05) is 12.7 Å². The Kier molecular flexibility index (Phi) is 12.1. The van der Waals surface area contributed by atoms with Crippen molar-refractivity contribution in [2.45, 2.75) is 61.2 Å². The standard InChI is InChI=1S/C22H35FN2O14P2S/c1-25(2)14-13(36-18(20(14)34-3)10-5-4-6-11(7-10)21(24)30)9-35-41(33,42)39-40(31,32)38-22-17(29)15(27)16(28)19(37-22)12(23)8-26/h4-7,12-20,22,26-29H,8-9H2,1-3H3,(H2,24,30)(H,31,32)(H,33,42)/t12-,13+,14+,15?,16?,17?,18-,19?,20+,22?,41?/m0/s1. The molecule has 0 spiro atoms. The summed E-state index contributed by atoms with van der Waals surface area (Å²) in [6.07, 6.45) is -15.0. The lowest BCUT2D eigenvalue weighted by Gasteiger charge is -2.41. The monoisotopic (exact) mass is 664 g/mol. The topological polar surface area (TPSA) is 237 Å². The molecule has 240 valence electrons. The largest absolute Gasteiger partial charge is 0.482 e. The molecule has 1 aromatic carbocycles. The molecule has 2 aliphatic heterocycles. The summed E-state index contributed by atoms with van der Waals surface area (Å²) in [7, 11) is -0.590. The van der Waals surface area contributed by atoms with Gasteiger partial charge in [-0.05, 0) is 31.8 Å². The van der Waals surface area contributed by atoms with Crippen LogP contribution in [0.5, 0.6) is 0 Å². The number of alkyl halides is 1. The highest BCUT2D eigenvalue weighted by molar-refractivity contribution is 8.45. The third-order valence-corrected chi connectivity index (χ3v) is 10.3. The van der Waals surface area contributed by atoms with Gasteiger partial charge < -0.3 is 50.2 Å². The van der Waals surface area contributed by atoms with E-state index in [0.717, 1.165) is 0 Å². The maximum Gasteiger partial charge on any atom is 0.482 e. The van der Waals surface area contributed by atoms with Crippen molar-refractivity contribution in [1.82, 2.24) is 4.90 Å². The highest BCUT2D eigenvalue weighted by Gasteiger charge is 2.51. The summed E-state index contributed by atoms with van der Waals surface area (Å²) in [5, 5.41) is 38.9. The first-order chi connectivity index (χ1) is 19.5. The van der Waals surface area contributed by atoms with Gasteiger partial charge in [0.1, 0.15) is 42.7 Å². The first-order valence-corrected chi connectivity index (χ1v) is 16.6.